The van der Waals surface area contributed by atoms with Crippen molar-refractivity contribution in [2.24, 2.45) is 0 Å². The molecule has 2 aromatic rings. The van der Waals surface area contributed by atoms with Crippen molar-refractivity contribution in [2.75, 3.05) is 11.9 Å². The number of thioether (sulfide) groups is 1. The quantitative estimate of drug-likeness (QED) is 0.876. The van der Waals surface area contributed by atoms with Gasteiger partial charge in [0.05, 0.1) is 6.61 Å². The molecule has 0 bridgehead atoms. The Labute approximate surface area is 124 Å². The largest absolute Gasteiger partial charge is 0.465 e. The Kier molecular flexibility index (Phi) is 3.88. The summed E-state index contributed by atoms with van der Waals surface area (Å²) < 4.78 is 5.72. The predicted molar refractivity (Wildman–Crippen MR) is 79.6 cm³/mol. The van der Waals surface area contributed by atoms with Crippen molar-refractivity contribution in [1.82, 2.24) is 10.2 Å². The van der Waals surface area contributed by atoms with Crippen LogP contribution in [-0.4, -0.2) is 28.0 Å². The monoisotopic (exact) mass is 307 g/mol. The van der Waals surface area contributed by atoms with E-state index in [1.807, 2.05) is 31.2 Å². The Morgan fingerprint density at radius 2 is 2.25 bits per heavy atom. The highest BCUT2D eigenvalue weighted by Gasteiger charge is 2.28. The number of cyclic esters (lactones) is 1. The third kappa shape index (κ3) is 2.94. The van der Waals surface area contributed by atoms with E-state index in [-0.39, 0.29) is 11.2 Å². The molecule has 104 valence electrons. The molecule has 3 rings (SSSR count). The van der Waals surface area contributed by atoms with Crippen LogP contribution in [0.3, 0.4) is 0 Å². The highest BCUT2D eigenvalue weighted by atomic mass is 32.2. The zero-order chi connectivity index (χ0) is 13.9. The topological polar surface area (TPSA) is 64.1 Å². The van der Waals surface area contributed by atoms with Gasteiger partial charge in [0.2, 0.25) is 5.13 Å². The summed E-state index contributed by atoms with van der Waals surface area (Å²) in [5, 5.41) is 12.0. The molecule has 0 aliphatic carbocycles. The number of hydrogen-bond donors (Lipinski definition) is 1. The first kappa shape index (κ1) is 13.4. The Bertz CT molecular complexity index is 630. The number of para-hydroxylation sites is 1. The van der Waals surface area contributed by atoms with E-state index in [1.54, 1.807) is 0 Å². The Morgan fingerprint density at radius 1 is 1.40 bits per heavy atom. The van der Waals surface area contributed by atoms with E-state index in [0.717, 1.165) is 27.1 Å². The molecule has 1 aromatic heterocycles. The lowest BCUT2D eigenvalue weighted by Gasteiger charge is -2.04. The first-order chi connectivity index (χ1) is 9.72. The number of anilines is 2. The lowest BCUT2D eigenvalue weighted by molar-refractivity contribution is -0.137. The zero-order valence-corrected chi connectivity index (χ0v) is 12.5. The van der Waals surface area contributed by atoms with Crippen molar-refractivity contribution < 1.29 is 9.53 Å². The van der Waals surface area contributed by atoms with Gasteiger partial charge in [-0.25, -0.2) is 0 Å². The second-order valence-corrected chi connectivity index (χ2v) is 6.80. The van der Waals surface area contributed by atoms with Gasteiger partial charge in [0.1, 0.15) is 5.25 Å². The number of ether oxygens (including phenoxy) is 1. The van der Waals surface area contributed by atoms with Crippen LogP contribution >= 0.6 is 23.1 Å². The van der Waals surface area contributed by atoms with Gasteiger partial charge >= 0.3 is 5.97 Å². The summed E-state index contributed by atoms with van der Waals surface area (Å²) in [4.78, 5) is 11.4. The van der Waals surface area contributed by atoms with Gasteiger partial charge < -0.3 is 10.1 Å². The fourth-order valence-corrected chi connectivity index (χ4v) is 3.82. The van der Waals surface area contributed by atoms with Crippen LogP contribution in [0.5, 0.6) is 0 Å². The Hall–Kier alpha value is -1.60. The van der Waals surface area contributed by atoms with Crippen molar-refractivity contribution in [3.05, 3.63) is 29.8 Å². The molecule has 5 nitrogen and oxygen atoms in total. The average Bonchev–Trinajstić information content (AvgIpc) is 3.03. The molecule has 1 aromatic carbocycles. The molecule has 20 heavy (non-hydrogen) atoms. The molecule has 0 saturated carbocycles. The van der Waals surface area contributed by atoms with E-state index >= 15 is 0 Å². The maximum absolute atomic E-state index is 11.4. The van der Waals surface area contributed by atoms with Crippen molar-refractivity contribution in [3.8, 4) is 0 Å². The van der Waals surface area contributed by atoms with Gasteiger partial charge in [0.15, 0.2) is 4.34 Å². The van der Waals surface area contributed by atoms with Crippen molar-refractivity contribution in [1.29, 1.82) is 0 Å². The maximum atomic E-state index is 11.4. The summed E-state index contributed by atoms with van der Waals surface area (Å²) in [7, 11) is 0. The minimum Gasteiger partial charge on any atom is -0.465 e. The summed E-state index contributed by atoms with van der Waals surface area (Å²) in [5.74, 6) is -0.154. The molecular weight excluding hydrogens is 294 g/mol. The number of benzene rings is 1. The fourth-order valence-electron chi connectivity index (χ4n) is 1.84. The van der Waals surface area contributed by atoms with E-state index in [1.165, 1.54) is 23.1 Å². The number of nitrogens with zero attached hydrogens (tertiary/aromatic N) is 2. The summed E-state index contributed by atoms with van der Waals surface area (Å²) in [6.07, 6.45) is 0.740. The molecule has 0 radical (unpaired) electrons. The van der Waals surface area contributed by atoms with Crippen LogP contribution in [0.1, 0.15) is 12.0 Å². The third-order valence-corrected chi connectivity index (χ3v) is 5.09. The number of aromatic nitrogens is 2. The molecular formula is C13H13N3O2S2. The Balaban J connectivity index is 1.68. The Morgan fingerprint density at radius 3 is 3.00 bits per heavy atom. The molecule has 7 heteroatoms. The van der Waals surface area contributed by atoms with Gasteiger partial charge in [-0.15, -0.1) is 10.2 Å². The predicted octanol–water partition coefficient (Wildman–Crippen LogP) is 3.00. The first-order valence-electron chi connectivity index (χ1n) is 6.22. The van der Waals surface area contributed by atoms with Gasteiger partial charge in [-0.1, -0.05) is 41.3 Å². The van der Waals surface area contributed by atoms with Crippen molar-refractivity contribution in [3.63, 3.8) is 0 Å². The van der Waals surface area contributed by atoms with Crippen LogP contribution in [-0.2, 0) is 9.53 Å². The van der Waals surface area contributed by atoms with E-state index < -0.39 is 0 Å². The standard InChI is InChI=1S/C13H13N3O2S2/c1-8-4-2-3-5-9(8)14-12-15-16-13(20-12)19-10-6-7-18-11(10)17/h2-5,10H,6-7H2,1H3,(H,14,15)/t10-/m0/s1. The number of rotatable bonds is 4. The second-order valence-electron chi connectivity index (χ2n) is 4.38. The van der Waals surface area contributed by atoms with Crippen LogP contribution < -0.4 is 5.32 Å². The summed E-state index contributed by atoms with van der Waals surface area (Å²) in [6, 6.07) is 8.00. The number of carbonyl (C=O) groups is 1. The molecule has 0 amide bonds. The van der Waals surface area contributed by atoms with E-state index in [9.17, 15) is 4.79 Å². The molecule has 1 aliphatic rings. The van der Waals surface area contributed by atoms with Gasteiger partial charge in [0.25, 0.3) is 0 Å². The molecule has 1 atom stereocenters. The summed E-state index contributed by atoms with van der Waals surface area (Å²) in [6.45, 7) is 2.54. The number of esters is 1. The normalized spacial score (nSPS) is 18.1. The lowest BCUT2D eigenvalue weighted by Crippen LogP contribution is -2.08. The van der Waals surface area contributed by atoms with Crippen LogP contribution in [0.25, 0.3) is 0 Å². The van der Waals surface area contributed by atoms with Gasteiger partial charge in [-0.05, 0) is 18.6 Å². The molecule has 0 unspecified atom stereocenters. The number of carbonyl (C=O) groups excluding carboxylic acids is 1. The minimum atomic E-state index is -0.154. The highest BCUT2D eigenvalue weighted by Crippen LogP contribution is 2.34. The molecule has 1 aliphatic heterocycles. The first-order valence-corrected chi connectivity index (χ1v) is 7.91. The number of hydrogen-bond acceptors (Lipinski definition) is 7. The molecule has 2 heterocycles. The highest BCUT2D eigenvalue weighted by molar-refractivity contribution is 8.02. The maximum Gasteiger partial charge on any atom is 0.319 e. The van der Waals surface area contributed by atoms with Gasteiger partial charge in [-0.2, -0.15) is 0 Å². The van der Waals surface area contributed by atoms with E-state index in [4.69, 9.17) is 4.74 Å². The van der Waals surface area contributed by atoms with Crippen LogP contribution in [0.2, 0.25) is 0 Å². The SMILES string of the molecule is Cc1ccccc1Nc1nnc(S[C@H]2CCOC2=O)s1. The van der Waals surface area contributed by atoms with Crippen LogP contribution in [0.15, 0.2) is 28.6 Å². The third-order valence-electron chi connectivity index (χ3n) is 2.92. The van der Waals surface area contributed by atoms with Crippen LogP contribution in [0, 0.1) is 6.92 Å². The number of nitrogens with one attached hydrogen (secondary N) is 1. The zero-order valence-electron chi connectivity index (χ0n) is 10.8. The average molecular weight is 307 g/mol. The fraction of sp³-hybridized carbons (Fsp3) is 0.308. The molecule has 1 fully saturated rings. The van der Waals surface area contributed by atoms with E-state index in [0.29, 0.717) is 6.61 Å². The second kappa shape index (κ2) is 5.80. The molecule has 0 spiro atoms. The van der Waals surface area contributed by atoms with Crippen molar-refractivity contribution >= 4 is 39.9 Å². The lowest BCUT2D eigenvalue weighted by atomic mass is 10.2. The van der Waals surface area contributed by atoms with Gasteiger partial charge in [-0.3, -0.25) is 4.79 Å². The summed E-state index contributed by atoms with van der Waals surface area (Å²) in [5.41, 5.74) is 2.16. The van der Waals surface area contributed by atoms with Crippen molar-refractivity contribution in [2.45, 2.75) is 22.9 Å². The molecule has 1 N–H and O–H groups in total. The van der Waals surface area contributed by atoms with Gasteiger partial charge in [0, 0.05) is 12.1 Å². The summed E-state index contributed by atoms with van der Waals surface area (Å²) >= 11 is 2.87. The minimum absolute atomic E-state index is 0.144. The van der Waals surface area contributed by atoms with Crippen LogP contribution in [0.4, 0.5) is 10.8 Å². The smallest absolute Gasteiger partial charge is 0.319 e. The van der Waals surface area contributed by atoms with E-state index in [2.05, 4.69) is 15.5 Å². The number of aryl methyl sites for hydroxylation is 1. The molecule has 1 saturated heterocycles.